The van der Waals surface area contributed by atoms with Gasteiger partial charge in [-0.05, 0) is 26.7 Å². The lowest BCUT2D eigenvalue weighted by atomic mass is 10.2. The van der Waals surface area contributed by atoms with Gasteiger partial charge < -0.3 is 5.32 Å². The molecule has 2 fully saturated rings. The Morgan fingerprint density at radius 2 is 1.91 bits per heavy atom. The first kappa shape index (κ1) is 18.7. The second-order valence-corrected chi connectivity index (χ2v) is 6.84. The van der Waals surface area contributed by atoms with Gasteiger partial charge >= 0.3 is 0 Å². The molecule has 3 heterocycles. The van der Waals surface area contributed by atoms with Crippen LogP contribution < -0.4 is 5.32 Å². The van der Waals surface area contributed by atoms with Crippen LogP contribution in [0.15, 0.2) is 0 Å². The van der Waals surface area contributed by atoms with Crippen molar-refractivity contribution in [1.82, 2.24) is 24.9 Å². The number of likely N-dealkylation sites (tertiary alicyclic amines) is 1. The maximum atomic E-state index is 4.72. The van der Waals surface area contributed by atoms with E-state index in [4.69, 9.17) is 5.10 Å². The predicted molar refractivity (Wildman–Crippen MR) is 97.4 cm³/mol. The molecule has 0 amide bonds. The van der Waals surface area contributed by atoms with Gasteiger partial charge in [-0.1, -0.05) is 6.92 Å². The zero-order chi connectivity index (χ0) is 15.5. The number of hydrogen-bond acceptors (Lipinski definition) is 4. The van der Waals surface area contributed by atoms with Crippen LogP contribution in [-0.2, 0) is 13.1 Å². The van der Waals surface area contributed by atoms with Crippen molar-refractivity contribution in [3.8, 4) is 0 Å². The molecule has 0 bridgehead atoms. The Morgan fingerprint density at radius 1 is 1.17 bits per heavy atom. The van der Waals surface area contributed by atoms with Gasteiger partial charge in [-0.2, -0.15) is 5.10 Å². The molecule has 0 saturated carbocycles. The number of aromatic nitrogens is 2. The number of nitrogens with zero attached hydrogens (tertiary/aromatic N) is 4. The van der Waals surface area contributed by atoms with Gasteiger partial charge in [0.2, 0.25) is 0 Å². The van der Waals surface area contributed by atoms with Gasteiger partial charge in [0.15, 0.2) is 0 Å². The Balaban J connectivity index is 0.00000192. The molecule has 5 nitrogen and oxygen atoms in total. The zero-order valence-corrected chi connectivity index (χ0v) is 15.7. The number of rotatable bonds is 5. The molecular weight excluding hydrogens is 310 g/mol. The van der Waals surface area contributed by atoms with Gasteiger partial charge in [-0.25, -0.2) is 0 Å². The summed E-state index contributed by atoms with van der Waals surface area (Å²) in [5.74, 6) is 0. The average Bonchev–Trinajstić information content (AvgIpc) is 3.10. The first-order valence-corrected chi connectivity index (χ1v) is 8.89. The highest BCUT2D eigenvalue weighted by molar-refractivity contribution is 5.85. The van der Waals surface area contributed by atoms with E-state index in [2.05, 4.69) is 40.6 Å². The van der Waals surface area contributed by atoms with Gasteiger partial charge in [-0.3, -0.25) is 14.5 Å². The van der Waals surface area contributed by atoms with Crippen molar-refractivity contribution >= 4 is 12.4 Å². The van der Waals surface area contributed by atoms with E-state index in [1.165, 1.54) is 49.6 Å². The van der Waals surface area contributed by atoms with Crippen molar-refractivity contribution in [2.45, 2.75) is 52.7 Å². The third-order valence-electron chi connectivity index (χ3n) is 5.26. The normalized spacial score (nSPS) is 23.2. The monoisotopic (exact) mass is 341 g/mol. The van der Waals surface area contributed by atoms with E-state index in [9.17, 15) is 0 Å². The van der Waals surface area contributed by atoms with Crippen molar-refractivity contribution in [3.05, 3.63) is 17.0 Å². The number of nitrogens with one attached hydrogen (secondary N) is 1. The summed E-state index contributed by atoms with van der Waals surface area (Å²) in [5, 5.41) is 8.17. The van der Waals surface area contributed by atoms with Crippen molar-refractivity contribution in [1.29, 1.82) is 0 Å². The highest BCUT2D eigenvalue weighted by atomic mass is 35.5. The lowest BCUT2D eigenvalue weighted by molar-refractivity contribution is 0.170. The fourth-order valence-electron chi connectivity index (χ4n) is 3.92. The van der Waals surface area contributed by atoms with Crippen LogP contribution in [0.25, 0.3) is 0 Å². The average molecular weight is 342 g/mol. The van der Waals surface area contributed by atoms with Crippen LogP contribution in [0.3, 0.4) is 0 Å². The molecule has 2 aliphatic rings. The van der Waals surface area contributed by atoms with E-state index in [1.54, 1.807) is 0 Å². The van der Waals surface area contributed by atoms with E-state index in [-0.39, 0.29) is 12.4 Å². The van der Waals surface area contributed by atoms with Crippen molar-refractivity contribution in [2.75, 3.05) is 39.3 Å². The van der Waals surface area contributed by atoms with Gasteiger partial charge in [0.05, 0.1) is 5.69 Å². The first-order valence-electron chi connectivity index (χ1n) is 8.89. The van der Waals surface area contributed by atoms with Crippen LogP contribution in [-0.4, -0.2) is 64.9 Å². The second-order valence-electron chi connectivity index (χ2n) is 6.84. The van der Waals surface area contributed by atoms with Gasteiger partial charge in [0, 0.05) is 69.7 Å². The molecule has 23 heavy (non-hydrogen) atoms. The molecule has 0 aromatic carbocycles. The lowest BCUT2D eigenvalue weighted by Gasteiger charge is -2.32. The molecule has 132 valence electrons. The molecule has 0 radical (unpaired) electrons. The fourth-order valence-corrected chi connectivity index (χ4v) is 3.92. The van der Waals surface area contributed by atoms with E-state index in [1.807, 2.05) is 0 Å². The van der Waals surface area contributed by atoms with Gasteiger partial charge in [0.25, 0.3) is 0 Å². The van der Waals surface area contributed by atoms with Crippen LogP contribution in [0.5, 0.6) is 0 Å². The first-order chi connectivity index (χ1) is 10.7. The van der Waals surface area contributed by atoms with Crippen LogP contribution in [0, 0.1) is 13.8 Å². The summed E-state index contributed by atoms with van der Waals surface area (Å²) in [6.07, 6.45) is 2.47. The summed E-state index contributed by atoms with van der Waals surface area (Å²) in [6, 6.07) is 0.758. The molecule has 1 unspecified atom stereocenters. The second kappa shape index (κ2) is 8.47. The number of hydrogen-bond donors (Lipinski definition) is 1. The van der Waals surface area contributed by atoms with Crippen LogP contribution >= 0.6 is 12.4 Å². The van der Waals surface area contributed by atoms with E-state index in [0.29, 0.717) is 0 Å². The maximum Gasteiger partial charge on any atom is 0.0641 e. The molecular formula is C17H32ClN5. The third kappa shape index (κ3) is 4.27. The Kier molecular flexibility index (Phi) is 6.89. The molecule has 1 aromatic heterocycles. The Hall–Kier alpha value is -0.620. The zero-order valence-electron chi connectivity index (χ0n) is 14.8. The highest BCUT2D eigenvalue weighted by Gasteiger charge is 2.29. The van der Waals surface area contributed by atoms with E-state index < -0.39 is 0 Å². The SMILES string of the molecule is CCCn1nc(C)c(CN2CCC(N3CCNCC3)C2)c1C.Cl. The maximum absolute atomic E-state index is 4.72. The summed E-state index contributed by atoms with van der Waals surface area (Å²) < 4.78 is 2.19. The third-order valence-corrected chi connectivity index (χ3v) is 5.26. The standard InChI is InChI=1S/C17H31N5.ClH/c1-4-8-22-15(3)17(14(2)19-22)13-20-9-5-16(12-20)21-10-6-18-7-11-21;/h16,18H,4-13H2,1-3H3;1H. The van der Waals surface area contributed by atoms with E-state index >= 15 is 0 Å². The van der Waals surface area contributed by atoms with Crippen molar-refractivity contribution in [2.24, 2.45) is 0 Å². The molecule has 1 atom stereocenters. The highest BCUT2D eigenvalue weighted by Crippen LogP contribution is 2.21. The Labute approximate surface area is 146 Å². The summed E-state index contributed by atoms with van der Waals surface area (Å²) in [6.45, 7) is 15.9. The minimum Gasteiger partial charge on any atom is -0.314 e. The van der Waals surface area contributed by atoms with Crippen LogP contribution in [0.2, 0.25) is 0 Å². The molecule has 2 saturated heterocycles. The largest absolute Gasteiger partial charge is 0.314 e. The molecule has 1 N–H and O–H groups in total. The molecule has 3 rings (SSSR count). The van der Waals surface area contributed by atoms with Crippen molar-refractivity contribution in [3.63, 3.8) is 0 Å². The molecule has 0 spiro atoms. The summed E-state index contributed by atoms with van der Waals surface area (Å²) in [5.41, 5.74) is 4.04. The topological polar surface area (TPSA) is 36.3 Å². The summed E-state index contributed by atoms with van der Waals surface area (Å²) >= 11 is 0. The Morgan fingerprint density at radius 3 is 2.61 bits per heavy atom. The van der Waals surface area contributed by atoms with Gasteiger partial charge in [0.1, 0.15) is 0 Å². The van der Waals surface area contributed by atoms with Gasteiger partial charge in [-0.15, -0.1) is 12.4 Å². The number of piperazine rings is 1. The lowest BCUT2D eigenvalue weighted by Crippen LogP contribution is -2.49. The fraction of sp³-hybridized carbons (Fsp3) is 0.824. The summed E-state index contributed by atoms with van der Waals surface area (Å²) in [7, 11) is 0. The summed E-state index contributed by atoms with van der Waals surface area (Å²) in [4.78, 5) is 5.30. The van der Waals surface area contributed by atoms with E-state index in [0.717, 1.165) is 38.6 Å². The van der Waals surface area contributed by atoms with Crippen molar-refractivity contribution < 1.29 is 0 Å². The predicted octanol–water partition coefficient (Wildman–Crippen LogP) is 1.81. The van der Waals surface area contributed by atoms with Crippen LogP contribution in [0.4, 0.5) is 0 Å². The molecule has 2 aliphatic heterocycles. The van der Waals surface area contributed by atoms with Crippen LogP contribution in [0.1, 0.15) is 36.7 Å². The Bertz CT molecular complexity index is 495. The molecule has 0 aliphatic carbocycles. The number of halogens is 1. The molecule has 1 aromatic rings. The number of aryl methyl sites for hydroxylation is 2. The minimum absolute atomic E-state index is 0. The minimum atomic E-state index is 0. The molecule has 6 heteroatoms. The smallest absolute Gasteiger partial charge is 0.0641 e. The quantitative estimate of drug-likeness (QED) is 0.886.